The number of fused-ring (bicyclic) bond motifs is 9. The Hall–Kier alpha value is -6.36. The van der Waals surface area contributed by atoms with Gasteiger partial charge in [-0.15, -0.1) is 11.3 Å². The van der Waals surface area contributed by atoms with Crippen LogP contribution in [-0.2, 0) is 0 Å². The Morgan fingerprint density at radius 1 is 0.538 bits per heavy atom. The van der Waals surface area contributed by atoms with E-state index in [4.69, 9.17) is 4.42 Å². The minimum atomic E-state index is 0.272. The van der Waals surface area contributed by atoms with E-state index in [0.717, 1.165) is 39.0 Å². The fraction of sp³-hybridized carbons (Fsp3) is 0.0417. The highest BCUT2D eigenvalue weighted by atomic mass is 32.1. The van der Waals surface area contributed by atoms with Crippen LogP contribution in [0.3, 0.4) is 0 Å². The minimum Gasteiger partial charge on any atom is -0.456 e. The first-order valence-corrected chi connectivity index (χ1v) is 18.7. The van der Waals surface area contributed by atoms with E-state index >= 15 is 0 Å². The fourth-order valence-electron chi connectivity index (χ4n) is 8.45. The number of hydrogen-bond acceptors (Lipinski definition) is 4. The number of benzene rings is 7. The molecule has 4 heteroatoms. The maximum atomic E-state index is 6.41. The zero-order valence-electron chi connectivity index (χ0n) is 28.2. The van der Waals surface area contributed by atoms with Crippen LogP contribution in [0.1, 0.15) is 11.5 Å². The second-order valence-electron chi connectivity index (χ2n) is 13.7. The van der Waals surface area contributed by atoms with Crippen LogP contribution >= 0.6 is 11.3 Å². The number of allylic oxidation sites excluding steroid dienone is 2. The Bertz CT molecular complexity index is 2890. The van der Waals surface area contributed by atoms with Crippen LogP contribution in [0.5, 0.6) is 0 Å². The van der Waals surface area contributed by atoms with Crippen molar-refractivity contribution in [3.8, 4) is 11.1 Å². The zero-order valence-corrected chi connectivity index (χ0v) is 29.0. The van der Waals surface area contributed by atoms with Crippen LogP contribution in [-0.4, -0.2) is 6.04 Å². The summed E-state index contributed by atoms with van der Waals surface area (Å²) >= 11 is 1.85. The first kappa shape index (κ1) is 29.4. The molecule has 52 heavy (non-hydrogen) atoms. The molecule has 0 spiro atoms. The maximum absolute atomic E-state index is 6.41. The largest absolute Gasteiger partial charge is 0.456 e. The highest BCUT2D eigenvalue weighted by molar-refractivity contribution is 7.26. The molecule has 2 unspecified atom stereocenters. The van der Waals surface area contributed by atoms with Crippen molar-refractivity contribution < 1.29 is 4.42 Å². The van der Waals surface area contributed by atoms with E-state index in [9.17, 15) is 0 Å². The first-order chi connectivity index (χ1) is 25.8. The topological polar surface area (TPSA) is 19.6 Å². The van der Waals surface area contributed by atoms with Crippen molar-refractivity contribution in [2.75, 3.05) is 9.80 Å². The van der Waals surface area contributed by atoms with Crippen molar-refractivity contribution in [2.24, 2.45) is 0 Å². The van der Waals surface area contributed by atoms with Crippen LogP contribution in [0.4, 0.5) is 28.4 Å². The van der Waals surface area contributed by atoms with Gasteiger partial charge < -0.3 is 14.2 Å². The number of para-hydroxylation sites is 2. The fourth-order valence-corrected chi connectivity index (χ4v) is 9.58. The van der Waals surface area contributed by atoms with Gasteiger partial charge in [0.05, 0.1) is 11.7 Å². The SMILES string of the molecule is C1=CC2c3ccccc3N(c3cccc(-c4ccc(N(c5ccc6c(c5)oc5ccccc56)c5cccc6sc7ccccc7c56)cc4)c3)C2C=C1. The van der Waals surface area contributed by atoms with Gasteiger partial charge in [-0.25, -0.2) is 0 Å². The summed E-state index contributed by atoms with van der Waals surface area (Å²) in [6.07, 6.45) is 9.03. The van der Waals surface area contributed by atoms with E-state index in [0.29, 0.717) is 5.92 Å². The van der Waals surface area contributed by atoms with Gasteiger partial charge in [0.1, 0.15) is 11.2 Å². The molecule has 0 amide bonds. The number of hydrogen-bond donors (Lipinski definition) is 0. The van der Waals surface area contributed by atoms with E-state index in [1.807, 2.05) is 23.5 Å². The third-order valence-corrected chi connectivity index (χ3v) is 11.9. The van der Waals surface area contributed by atoms with Gasteiger partial charge >= 0.3 is 0 Å². The number of furan rings is 1. The highest BCUT2D eigenvalue weighted by Crippen LogP contribution is 2.49. The molecule has 246 valence electrons. The maximum Gasteiger partial charge on any atom is 0.137 e. The molecule has 1 aliphatic heterocycles. The Morgan fingerprint density at radius 2 is 1.29 bits per heavy atom. The zero-order chi connectivity index (χ0) is 34.2. The summed E-state index contributed by atoms with van der Waals surface area (Å²) in [5.74, 6) is 0.360. The number of nitrogens with zero attached hydrogens (tertiary/aromatic N) is 2. The van der Waals surface area contributed by atoms with Crippen molar-refractivity contribution in [2.45, 2.75) is 12.0 Å². The second-order valence-corrected chi connectivity index (χ2v) is 14.8. The average molecular weight is 685 g/mol. The molecular weight excluding hydrogens is 653 g/mol. The third-order valence-electron chi connectivity index (χ3n) is 10.8. The molecule has 9 aromatic rings. The van der Waals surface area contributed by atoms with Crippen LogP contribution in [0.25, 0.3) is 53.2 Å². The van der Waals surface area contributed by atoms with Crippen molar-refractivity contribution in [1.29, 1.82) is 0 Å². The lowest BCUT2D eigenvalue weighted by Gasteiger charge is -2.29. The predicted molar refractivity (Wildman–Crippen MR) is 220 cm³/mol. The average Bonchev–Trinajstić information content (AvgIpc) is 3.88. The number of anilines is 5. The van der Waals surface area contributed by atoms with Crippen molar-refractivity contribution >= 4 is 81.9 Å². The standard InChI is InChI=1S/C48H32N2OS/c1-5-17-41-36(13-1)37-14-2-6-18-42(37)50(41)34-12-9-11-32(29-34)31-23-25-33(26-24-31)49(35-27-28-39-38-15-3-7-20-44(38)51-45(39)30-35)43-19-10-22-47-48(43)40-16-4-8-21-46(40)52-47/h1-30,36,41H. The van der Waals surface area contributed by atoms with Crippen LogP contribution in [0.2, 0.25) is 0 Å². The molecule has 0 bridgehead atoms. The lowest BCUT2D eigenvalue weighted by atomic mass is 9.91. The molecule has 0 radical (unpaired) electrons. The van der Waals surface area contributed by atoms with Gasteiger partial charge in [-0.05, 0) is 83.4 Å². The summed E-state index contributed by atoms with van der Waals surface area (Å²) in [6.45, 7) is 0. The first-order valence-electron chi connectivity index (χ1n) is 17.8. The van der Waals surface area contributed by atoms with E-state index in [1.54, 1.807) is 0 Å². The predicted octanol–water partition coefficient (Wildman–Crippen LogP) is 13.8. The van der Waals surface area contributed by atoms with Crippen molar-refractivity contribution in [3.63, 3.8) is 0 Å². The Balaban J connectivity index is 1.03. The van der Waals surface area contributed by atoms with E-state index < -0.39 is 0 Å². The monoisotopic (exact) mass is 684 g/mol. The molecule has 1 aliphatic carbocycles. The highest BCUT2D eigenvalue weighted by Gasteiger charge is 2.37. The Labute approximate surface area is 305 Å². The number of thiophene rings is 1. The Kier molecular flexibility index (Phi) is 6.55. The summed E-state index contributed by atoms with van der Waals surface area (Å²) in [7, 11) is 0. The molecule has 2 aromatic heterocycles. The lowest BCUT2D eigenvalue weighted by Crippen LogP contribution is -2.28. The molecule has 2 atom stereocenters. The van der Waals surface area contributed by atoms with Gasteiger partial charge in [0.15, 0.2) is 0 Å². The summed E-state index contributed by atoms with van der Waals surface area (Å²) in [5.41, 5.74) is 11.3. The minimum absolute atomic E-state index is 0.272. The van der Waals surface area contributed by atoms with Gasteiger partial charge in [0.25, 0.3) is 0 Å². The van der Waals surface area contributed by atoms with Gasteiger partial charge in [-0.3, -0.25) is 0 Å². The van der Waals surface area contributed by atoms with Crippen LogP contribution in [0.15, 0.2) is 186 Å². The molecule has 0 saturated heterocycles. The van der Waals surface area contributed by atoms with Gasteiger partial charge in [0.2, 0.25) is 0 Å². The smallest absolute Gasteiger partial charge is 0.137 e. The summed E-state index contributed by atoms with van der Waals surface area (Å²) in [5, 5.41) is 4.80. The summed E-state index contributed by atoms with van der Waals surface area (Å²) in [4.78, 5) is 4.89. The molecule has 0 saturated carbocycles. The molecule has 3 heterocycles. The molecule has 11 rings (SSSR count). The van der Waals surface area contributed by atoms with Gasteiger partial charge in [-0.1, -0.05) is 109 Å². The van der Waals surface area contributed by atoms with Crippen LogP contribution < -0.4 is 9.80 Å². The molecule has 0 fully saturated rings. The lowest BCUT2D eigenvalue weighted by molar-refractivity contribution is 0.669. The summed E-state index contributed by atoms with van der Waals surface area (Å²) < 4.78 is 8.97. The molecule has 0 N–H and O–H groups in total. The molecule has 7 aromatic carbocycles. The van der Waals surface area contributed by atoms with E-state index in [-0.39, 0.29) is 6.04 Å². The van der Waals surface area contributed by atoms with Gasteiger partial charge in [-0.2, -0.15) is 0 Å². The Morgan fingerprint density at radius 3 is 2.23 bits per heavy atom. The number of rotatable bonds is 5. The van der Waals surface area contributed by atoms with Crippen LogP contribution in [0, 0.1) is 0 Å². The summed E-state index contributed by atoms with van der Waals surface area (Å²) in [6, 6.07) is 57.4. The molecule has 2 aliphatic rings. The normalized spacial score (nSPS) is 16.3. The quantitative estimate of drug-likeness (QED) is 0.180. The van der Waals surface area contributed by atoms with Crippen molar-refractivity contribution in [3.05, 3.63) is 188 Å². The third kappa shape index (κ3) is 4.51. The van der Waals surface area contributed by atoms with Gasteiger partial charge in [0, 0.05) is 65.7 Å². The van der Waals surface area contributed by atoms with E-state index in [2.05, 4.69) is 180 Å². The molecular formula is C48H32N2OS. The van der Waals surface area contributed by atoms with E-state index in [1.165, 1.54) is 48.2 Å². The van der Waals surface area contributed by atoms with Crippen molar-refractivity contribution in [1.82, 2.24) is 0 Å². The second kappa shape index (κ2) is 11.6. The molecule has 3 nitrogen and oxygen atoms in total.